The second-order valence-electron chi connectivity index (χ2n) is 8.26. The molecular formula is C24H24N8O2S. The van der Waals surface area contributed by atoms with Crippen molar-refractivity contribution in [2.45, 2.75) is 32.9 Å². The molecule has 178 valence electrons. The number of rotatable bonds is 6. The summed E-state index contributed by atoms with van der Waals surface area (Å²) in [5, 5.41) is 17.7. The fourth-order valence-corrected chi connectivity index (χ4v) is 4.73. The van der Waals surface area contributed by atoms with Gasteiger partial charge in [0.1, 0.15) is 11.6 Å². The Hall–Kier alpha value is -3.99. The lowest BCUT2D eigenvalue weighted by Crippen LogP contribution is -2.18. The van der Waals surface area contributed by atoms with Gasteiger partial charge in [0.05, 0.1) is 24.1 Å². The Morgan fingerprint density at radius 3 is 2.51 bits per heavy atom. The van der Waals surface area contributed by atoms with Crippen LogP contribution in [-0.4, -0.2) is 53.1 Å². The first-order valence-electron chi connectivity index (χ1n) is 11.0. The van der Waals surface area contributed by atoms with Gasteiger partial charge < -0.3 is 10.1 Å². The third-order valence-electron chi connectivity index (χ3n) is 5.47. The SMILES string of the molecule is COc1ccc2c(C)cc3nnc(SCC(=O)Nc4cc(C)nn4-c4nc(C)cc(C)n4)n3c2c1. The van der Waals surface area contributed by atoms with E-state index in [-0.39, 0.29) is 11.7 Å². The summed E-state index contributed by atoms with van der Waals surface area (Å²) in [6.07, 6.45) is 0. The van der Waals surface area contributed by atoms with Crippen LogP contribution in [0.3, 0.4) is 0 Å². The predicted octanol–water partition coefficient (Wildman–Crippen LogP) is 3.83. The van der Waals surface area contributed by atoms with Crippen LogP contribution in [0.15, 0.2) is 41.6 Å². The van der Waals surface area contributed by atoms with E-state index in [1.54, 1.807) is 17.9 Å². The lowest BCUT2D eigenvalue weighted by atomic mass is 10.1. The van der Waals surface area contributed by atoms with E-state index < -0.39 is 0 Å². The Labute approximate surface area is 205 Å². The van der Waals surface area contributed by atoms with Crippen LogP contribution in [0.5, 0.6) is 5.75 Å². The molecule has 1 aromatic carbocycles. The van der Waals surface area contributed by atoms with E-state index in [0.29, 0.717) is 22.6 Å². The number of nitrogens with one attached hydrogen (secondary N) is 1. The molecule has 10 nitrogen and oxygen atoms in total. The molecule has 0 atom stereocenters. The Balaban J connectivity index is 1.40. The van der Waals surface area contributed by atoms with Crippen molar-refractivity contribution in [3.8, 4) is 11.7 Å². The minimum absolute atomic E-state index is 0.137. The van der Waals surface area contributed by atoms with Crippen molar-refractivity contribution in [1.82, 2.24) is 34.3 Å². The van der Waals surface area contributed by atoms with Gasteiger partial charge in [-0.1, -0.05) is 11.8 Å². The normalized spacial score (nSPS) is 11.3. The third-order valence-corrected chi connectivity index (χ3v) is 6.39. The molecule has 5 aromatic rings. The predicted molar refractivity (Wildman–Crippen MR) is 135 cm³/mol. The number of fused-ring (bicyclic) bond motifs is 3. The van der Waals surface area contributed by atoms with Gasteiger partial charge in [-0.05, 0) is 57.5 Å². The van der Waals surface area contributed by atoms with Crippen molar-refractivity contribution in [2.24, 2.45) is 0 Å². The molecule has 0 saturated heterocycles. The number of nitrogens with zero attached hydrogens (tertiary/aromatic N) is 7. The number of anilines is 1. The fourth-order valence-electron chi connectivity index (χ4n) is 3.98. The van der Waals surface area contributed by atoms with Gasteiger partial charge in [-0.2, -0.15) is 9.78 Å². The maximum Gasteiger partial charge on any atom is 0.252 e. The van der Waals surface area contributed by atoms with E-state index >= 15 is 0 Å². The first-order valence-corrected chi connectivity index (χ1v) is 12.0. The Morgan fingerprint density at radius 1 is 1.00 bits per heavy atom. The molecule has 0 aliphatic rings. The highest BCUT2D eigenvalue weighted by atomic mass is 32.2. The van der Waals surface area contributed by atoms with E-state index in [2.05, 4.69) is 30.6 Å². The number of hydrogen-bond acceptors (Lipinski definition) is 8. The van der Waals surface area contributed by atoms with Crippen molar-refractivity contribution < 1.29 is 9.53 Å². The van der Waals surface area contributed by atoms with E-state index in [1.807, 2.05) is 62.4 Å². The van der Waals surface area contributed by atoms with Crippen LogP contribution in [0.25, 0.3) is 22.5 Å². The maximum absolute atomic E-state index is 12.9. The molecular weight excluding hydrogens is 464 g/mol. The van der Waals surface area contributed by atoms with Gasteiger partial charge in [0.25, 0.3) is 5.95 Å². The molecule has 1 N–H and O–H groups in total. The topological polar surface area (TPSA) is 112 Å². The first kappa shape index (κ1) is 22.8. The largest absolute Gasteiger partial charge is 0.497 e. The van der Waals surface area contributed by atoms with Gasteiger partial charge in [-0.3, -0.25) is 9.20 Å². The number of carbonyl (C=O) groups excluding carboxylic acids is 1. The maximum atomic E-state index is 12.9. The van der Waals surface area contributed by atoms with Crippen molar-refractivity contribution >= 4 is 40.0 Å². The van der Waals surface area contributed by atoms with Gasteiger partial charge in [0, 0.05) is 28.9 Å². The zero-order valence-electron chi connectivity index (χ0n) is 20.0. The van der Waals surface area contributed by atoms with Crippen LogP contribution in [-0.2, 0) is 4.79 Å². The smallest absolute Gasteiger partial charge is 0.252 e. The molecule has 0 unspecified atom stereocenters. The molecule has 35 heavy (non-hydrogen) atoms. The third kappa shape index (κ3) is 4.42. The fraction of sp³-hybridized carbons (Fsp3) is 0.250. The average molecular weight is 489 g/mol. The Kier molecular flexibility index (Phi) is 5.85. The molecule has 5 rings (SSSR count). The molecule has 0 radical (unpaired) electrons. The number of hydrogen-bond donors (Lipinski definition) is 1. The van der Waals surface area contributed by atoms with Crippen molar-refractivity contribution in [2.75, 3.05) is 18.2 Å². The summed E-state index contributed by atoms with van der Waals surface area (Å²) in [5.41, 5.74) is 5.13. The van der Waals surface area contributed by atoms with E-state index in [0.717, 1.165) is 39.3 Å². The van der Waals surface area contributed by atoms with E-state index in [1.165, 1.54) is 11.8 Å². The highest BCUT2D eigenvalue weighted by Gasteiger charge is 2.17. The average Bonchev–Trinajstić information content (AvgIpc) is 3.39. The number of thioether (sulfide) groups is 1. The molecule has 11 heteroatoms. The molecule has 4 aromatic heterocycles. The molecule has 0 fully saturated rings. The zero-order chi connectivity index (χ0) is 24.7. The standard InChI is InChI=1S/C24H24N8O2S/c1-13-8-21-28-29-24(31(21)19-11-17(34-5)6-7-18(13)19)35-12-22(33)27-20-10-16(4)30-32(20)23-25-14(2)9-15(3)26-23/h6-11H,12H2,1-5H3,(H,27,33). The summed E-state index contributed by atoms with van der Waals surface area (Å²) < 4.78 is 8.91. The van der Waals surface area contributed by atoms with Crippen LogP contribution in [0.4, 0.5) is 5.82 Å². The van der Waals surface area contributed by atoms with E-state index in [9.17, 15) is 4.79 Å². The number of methoxy groups -OCH3 is 1. The molecule has 4 heterocycles. The van der Waals surface area contributed by atoms with Crippen LogP contribution >= 0.6 is 11.8 Å². The van der Waals surface area contributed by atoms with Crippen molar-refractivity contribution in [3.05, 3.63) is 59.0 Å². The van der Waals surface area contributed by atoms with Crippen LogP contribution in [0.2, 0.25) is 0 Å². The minimum Gasteiger partial charge on any atom is -0.497 e. The first-order chi connectivity index (χ1) is 16.8. The number of carbonyl (C=O) groups is 1. The lowest BCUT2D eigenvalue weighted by Gasteiger charge is -2.10. The van der Waals surface area contributed by atoms with Crippen molar-refractivity contribution in [3.63, 3.8) is 0 Å². The van der Waals surface area contributed by atoms with Gasteiger partial charge in [0.15, 0.2) is 10.8 Å². The summed E-state index contributed by atoms with van der Waals surface area (Å²) in [7, 11) is 1.63. The molecule has 1 amide bonds. The Bertz CT molecular complexity index is 1570. The zero-order valence-corrected chi connectivity index (χ0v) is 20.8. The number of pyridine rings is 1. The summed E-state index contributed by atoms with van der Waals surface area (Å²) >= 11 is 1.31. The second-order valence-corrected chi connectivity index (χ2v) is 9.20. The van der Waals surface area contributed by atoms with Crippen LogP contribution < -0.4 is 10.1 Å². The summed E-state index contributed by atoms with van der Waals surface area (Å²) in [4.78, 5) is 21.8. The molecule has 0 aliphatic carbocycles. The molecule has 0 spiro atoms. The lowest BCUT2D eigenvalue weighted by molar-refractivity contribution is -0.113. The van der Waals surface area contributed by atoms with Gasteiger partial charge in [0.2, 0.25) is 5.91 Å². The van der Waals surface area contributed by atoms with Gasteiger partial charge in [-0.15, -0.1) is 10.2 Å². The van der Waals surface area contributed by atoms with Gasteiger partial charge >= 0.3 is 0 Å². The van der Waals surface area contributed by atoms with Crippen molar-refractivity contribution in [1.29, 1.82) is 0 Å². The summed E-state index contributed by atoms with van der Waals surface area (Å²) in [6.45, 7) is 7.68. The number of aryl methyl sites for hydroxylation is 4. The monoisotopic (exact) mass is 488 g/mol. The quantitative estimate of drug-likeness (QED) is 0.359. The van der Waals surface area contributed by atoms with Gasteiger partial charge in [-0.25, -0.2) is 9.97 Å². The number of ether oxygens (including phenoxy) is 1. The van der Waals surface area contributed by atoms with Crippen LogP contribution in [0, 0.1) is 27.7 Å². The Morgan fingerprint density at radius 2 is 1.77 bits per heavy atom. The number of amides is 1. The summed E-state index contributed by atoms with van der Waals surface area (Å²) in [5.74, 6) is 1.60. The second kappa shape index (κ2) is 8.99. The summed E-state index contributed by atoms with van der Waals surface area (Å²) in [6, 6.07) is 11.6. The van der Waals surface area contributed by atoms with Crippen LogP contribution in [0.1, 0.15) is 22.6 Å². The number of benzene rings is 1. The molecule has 0 aliphatic heterocycles. The van der Waals surface area contributed by atoms with E-state index in [4.69, 9.17) is 4.74 Å². The molecule has 0 saturated carbocycles. The molecule has 0 bridgehead atoms. The highest BCUT2D eigenvalue weighted by Crippen LogP contribution is 2.28. The number of aromatic nitrogens is 7. The highest BCUT2D eigenvalue weighted by molar-refractivity contribution is 7.99. The minimum atomic E-state index is -0.203.